The number of benzene rings is 1. The zero-order chi connectivity index (χ0) is 20.5. The van der Waals surface area contributed by atoms with Gasteiger partial charge >= 0.3 is 13.8 Å². The van der Waals surface area contributed by atoms with E-state index in [1.807, 2.05) is 51.5 Å². The normalized spacial score (nSPS) is 15.1. The van der Waals surface area contributed by atoms with Crippen molar-refractivity contribution >= 4 is 19.9 Å². The Balaban J connectivity index is 2.65. The number of ether oxygens (including phenoxy) is 1. The fraction of sp³-hybridized carbons (Fsp3) is 0.421. The van der Waals surface area contributed by atoms with Gasteiger partial charge in [-0.2, -0.15) is 0 Å². The molecule has 0 aliphatic carbocycles. The van der Waals surface area contributed by atoms with E-state index in [0.717, 1.165) is 11.8 Å². The number of carbonyl (C=O) groups is 1. The average molecular weight is 398 g/mol. The number of nitrogens with zero attached hydrogens (tertiary/aromatic N) is 1. The number of carbonyl (C=O) groups excluding carboxylic acids is 1. The van der Waals surface area contributed by atoms with Crippen LogP contribution in [0.1, 0.15) is 18.9 Å². The quantitative estimate of drug-likeness (QED) is 0.202. The van der Waals surface area contributed by atoms with Gasteiger partial charge in [-0.1, -0.05) is 36.9 Å². The molecule has 8 heteroatoms. The Morgan fingerprint density at radius 1 is 1.30 bits per heavy atom. The van der Waals surface area contributed by atoms with Gasteiger partial charge in [-0.3, -0.25) is 9.42 Å². The number of rotatable bonds is 11. The molecule has 7 nitrogen and oxygen atoms in total. The van der Waals surface area contributed by atoms with Crippen LogP contribution in [0.2, 0.25) is 0 Å². The first kappa shape index (κ1) is 23.1. The van der Waals surface area contributed by atoms with Crippen LogP contribution in [0.3, 0.4) is 0 Å². The summed E-state index contributed by atoms with van der Waals surface area (Å²) in [5, 5.41) is 0. The first-order valence-electron chi connectivity index (χ1n) is 8.53. The summed E-state index contributed by atoms with van der Waals surface area (Å²) >= 11 is 0. The molecule has 0 saturated heterocycles. The lowest BCUT2D eigenvalue weighted by Crippen LogP contribution is -2.42. The molecule has 1 N–H and O–H groups in total. The van der Waals surface area contributed by atoms with E-state index in [1.54, 1.807) is 13.0 Å². The molecule has 0 bridgehead atoms. The summed E-state index contributed by atoms with van der Waals surface area (Å²) in [6, 6.07) is 9.22. The minimum Gasteiger partial charge on any atom is -0.462 e. The average Bonchev–Trinajstić information content (AvgIpc) is 2.53. The van der Waals surface area contributed by atoms with Gasteiger partial charge in [0.05, 0.1) is 34.0 Å². The molecule has 0 aliphatic heterocycles. The van der Waals surface area contributed by atoms with E-state index in [2.05, 4.69) is 6.58 Å². The number of phosphoric acid groups is 1. The molecular weight excluding hydrogens is 369 g/mol. The molecule has 1 rings (SSSR count). The predicted molar refractivity (Wildman–Crippen MR) is 105 cm³/mol. The number of likely N-dealkylation sites (N-methyl/N-ethyl adjacent to an activating group) is 1. The predicted octanol–water partition coefficient (Wildman–Crippen LogP) is 3.38. The molecule has 0 radical (unpaired) electrons. The Labute approximate surface area is 161 Å². The van der Waals surface area contributed by atoms with Gasteiger partial charge in [0.25, 0.3) is 0 Å². The second kappa shape index (κ2) is 10.4. The zero-order valence-corrected chi connectivity index (χ0v) is 17.2. The number of hydrogen-bond acceptors (Lipinski definition) is 5. The molecule has 27 heavy (non-hydrogen) atoms. The first-order chi connectivity index (χ1) is 12.5. The second-order valence-corrected chi connectivity index (χ2v) is 8.55. The van der Waals surface area contributed by atoms with Crippen molar-refractivity contribution in [2.45, 2.75) is 19.4 Å². The Bertz CT molecular complexity index is 696. The number of quaternary nitrogens is 1. The van der Waals surface area contributed by atoms with Crippen molar-refractivity contribution in [2.24, 2.45) is 0 Å². The largest absolute Gasteiger partial charge is 0.527 e. The minimum atomic E-state index is -4.31. The molecule has 0 aromatic heterocycles. The summed E-state index contributed by atoms with van der Waals surface area (Å²) in [6.07, 6.45) is 2.32. The van der Waals surface area contributed by atoms with E-state index in [4.69, 9.17) is 13.8 Å². The van der Waals surface area contributed by atoms with Crippen molar-refractivity contribution < 1.29 is 32.5 Å². The van der Waals surface area contributed by atoms with Gasteiger partial charge < -0.3 is 13.7 Å². The van der Waals surface area contributed by atoms with Crippen LogP contribution in [0.4, 0.5) is 0 Å². The topological polar surface area (TPSA) is 82.1 Å². The first-order valence-corrected chi connectivity index (χ1v) is 10.0. The molecule has 0 amide bonds. The third-order valence-electron chi connectivity index (χ3n) is 3.31. The summed E-state index contributed by atoms with van der Waals surface area (Å²) in [7, 11) is 1.47. The highest BCUT2D eigenvalue weighted by atomic mass is 31.2. The van der Waals surface area contributed by atoms with Crippen molar-refractivity contribution in [2.75, 3.05) is 34.3 Å². The summed E-state index contributed by atoms with van der Waals surface area (Å²) < 4.78 is 28.0. The van der Waals surface area contributed by atoms with Crippen LogP contribution >= 0.6 is 7.82 Å². The summed E-state index contributed by atoms with van der Waals surface area (Å²) in [5.41, 5.74) is 1.12. The molecule has 1 aromatic carbocycles. The maximum Gasteiger partial charge on any atom is 0.527 e. The third-order valence-corrected chi connectivity index (χ3v) is 4.26. The minimum absolute atomic E-state index is 0.0518. The Morgan fingerprint density at radius 3 is 2.48 bits per heavy atom. The van der Waals surface area contributed by atoms with E-state index in [1.165, 1.54) is 0 Å². The molecule has 0 fully saturated rings. The van der Waals surface area contributed by atoms with E-state index < -0.39 is 19.9 Å². The lowest BCUT2D eigenvalue weighted by Gasteiger charge is -2.29. The standard InChI is InChI=1S/C19H28NO6P/c1-16(2)19(21)24-13-12-18(15-20(3,4)5)26-27(22,23)25-14-11-17-9-7-6-8-10-17/h6-11,14,18H,1,12-13,15H2,2-5H3/p+1. The van der Waals surface area contributed by atoms with E-state index in [0.29, 0.717) is 16.6 Å². The van der Waals surface area contributed by atoms with Crippen LogP contribution in [0.25, 0.3) is 6.08 Å². The smallest absolute Gasteiger partial charge is 0.462 e. The summed E-state index contributed by atoms with van der Waals surface area (Å²) in [5.74, 6) is -0.506. The van der Waals surface area contributed by atoms with Crippen LogP contribution < -0.4 is 0 Å². The molecule has 2 atom stereocenters. The van der Waals surface area contributed by atoms with Gasteiger partial charge in [0.2, 0.25) is 0 Å². The second-order valence-electron chi connectivity index (χ2n) is 7.19. The number of esters is 1. The molecule has 150 valence electrons. The highest BCUT2D eigenvalue weighted by Crippen LogP contribution is 2.45. The van der Waals surface area contributed by atoms with Gasteiger partial charge in [-0.25, -0.2) is 9.36 Å². The van der Waals surface area contributed by atoms with Crippen molar-refractivity contribution in [1.29, 1.82) is 0 Å². The Kier molecular flexibility index (Phi) is 8.93. The highest BCUT2D eigenvalue weighted by molar-refractivity contribution is 7.47. The fourth-order valence-corrected chi connectivity index (χ4v) is 2.97. The maximum atomic E-state index is 12.2. The highest BCUT2D eigenvalue weighted by Gasteiger charge is 2.30. The molecule has 0 aliphatic rings. The van der Waals surface area contributed by atoms with Crippen LogP contribution in [0, 0.1) is 0 Å². The molecule has 0 saturated carbocycles. The van der Waals surface area contributed by atoms with Crippen molar-refractivity contribution in [3.8, 4) is 0 Å². The molecule has 0 spiro atoms. The summed E-state index contributed by atoms with van der Waals surface area (Å²) in [4.78, 5) is 21.5. The molecular formula is C19H29NO6P+. The summed E-state index contributed by atoms with van der Waals surface area (Å²) in [6.45, 7) is 5.55. The van der Waals surface area contributed by atoms with Crippen molar-refractivity contribution in [3.63, 3.8) is 0 Å². The van der Waals surface area contributed by atoms with Gasteiger partial charge in [0.1, 0.15) is 12.6 Å². The lowest BCUT2D eigenvalue weighted by molar-refractivity contribution is -0.873. The maximum absolute atomic E-state index is 12.2. The fourth-order valence-electron chi connectivity index (χ4n) is 2.16. The monoisotopic (exact) mass is 398 g/mol. The van der Waals surface area contributed by atoms with Gasteiger partial charge in [-0.05, 0) is 18.6 Å². The lowest BCUT2D eigenvalue weighted by atomic mass is 10.2. The number of phosphoric ester groups is 1. The van der Waals surface area contributed by atoms with Crippen molar-refractivity contribution in [1.82, 2.24) is 0 Å². The van der Waals surface area contributed by atoms with E-state index in [-0.39, 0.29) is 13.0 Å². The van der Waals surface area contributed by atoms with E-state index in [9.17, 15) is 14.3 Å². The van der Waals surface area contributed by atoms with Gasteiger partial charge in [-0.15, -0.1) is 0 Å². The zero-order valence-electron chi connectivity index (χ0n) is 16.3. The molecule has 1 aromatic rings. The van der Waals surface area contributed by atoms with Crippen LogP contribution in [-0.2, 0) is 23.1 Å². The Morgan fingerprint density at radius 2 is 1.93 bits per heavy atom. The van der Waals surface area contributed by atoms with Crippen LogP contribution in [0.5, 0.6) is 0 Å². The van der Waals surface area contributed by atoms with Crippen LogP contribution in [-0.4, -0.2) is 55.7 Å². The van der Waals surface area contributed by atoms with Gasteiger partial charge in [0.15, 0.2) is 0 Å². The molecule has 0 heterocycles. The number of hydrogen-bond donors (Lipinski definition) is 1. The van der Waals surface area contributed by atoms with Crippen molar-refractivity contribution in [3.05, 3.63) is 54.3 Å². The van der Waals surface area contributed by atoms with E-state index >= 15 is 0 Å². The Hall–Kier alpha value is -1.92. The van der Waals surface area contributed by atoms with Gasteiger partial charge in [0, 0.05) is 12.0 Å². The SMILES string of the molecule is C=C(C)C(=O)OCCC(C[N+](C)(C)C)OP(=O)(O)OC=Cc1ccccc1. The third kappa shape index (κ3) is 10.7. The molecule has 2 unspecified atom stereocenters. The van der Waals surface area contributed by atoms with Crippen LogP contribution in [0.15, 0.2) is 48.7 Å².